The van der Waals surface area contributed by atoms with Gasteiger partial charge in [-0.3, -0.25) is 14.2 Å². The molecular weight excluding hydrogens is 433 g/mol. The average Bonchev–Trinajstić information content (AvgIpc) is 2.81. The summed E-state index contributed by atoms with van der Waals surface area (Å²) in [6.07, 6.45) is 7.39. The topological polar surface area (TPSA) is 88.9 Å². The molecule has 0 aliphatic heterocycles. The normalized spacial score (nSPS) is 15.2. The van der Waals surface area contributed by atoms with Crippen molar-refractivity contribution in [3.8, 4) is 16.9 Å². The minimum absolute atomic E-state index is 0.0952. The van der Waals surface area contributed by atoms with Crippen LogP contribution in [0.25, 0.3) is 16.9 Å². The van der Waals surface area contributed by atoms with Crippen LogP contribution in [0, 0.1) is 5.82 Å². The SMILES string of the molecule is CNC(=O)C1(Nc2ncc(Cl)c(-c3ccc(=O)n(-c4ccc(F)cc4)c3)n2)CCCCC1. The maximum absolute atomic E-state index is 13.3. The van der Waals surface area contributed by atoms with Gasteiger partial charge in [-0.25, -0.2) is 14.4 Å². The second kappa shape index (κ2) is 9.08. The van der Waals surface area contributed by atoms with E-state index in [0.29, 0.717) is 34.8 Å². The minimum atomic E-state index is -0.773. The van der Waals surface area contributed by atoms with Crippen LogP contribution in [0.15, 0.2) is 53.6 Å². The third-order valence-corrected chi connectivity index (χ3v) is 6.03. The molecule has 3 aromatic rings. The molecule has 2 N–H and O–H groups in total. The van der Waals surface area contributed by atoms with Gasteiger partial charge in [-0.15, -0.1) is 0 Å². The molecule has 0 atom stereocenters. The van der Waals surface area contributed by atoms with E-state index in [0.717, 1.165) is 19.3 Å². The van der Waals surface area contributed by atoms with Crippen LogP contribution in [0.3, 0.4) is 0 Å². The fourth-order valence-electron chi connectivity index (χ4n) is 4.08. The molecule has 0 bridgehead atoms. The van der Waals surface area contributed by atoms with Gasteiger partial charge in [0.15, 0.2) is 0 Å². The molecule has 1 aliphatic carbocycles. The molecule has 1 aromatic carbocycles. The molecule has 4 rings (SSSR count). The van der Waals surface area contributed by atoms with Gasteiger partial charge in [-0.2, -0.15) is 0 Å². The van der Waals surface area contributed by atoms with Crippen LogP contribution in [0.5, 0.6) is 0 Å². The first-order valence-electron chi connectivity index (χ1n) is 10.4. The Balaban J connectivity index is 1.72. The van der Waals surface area contributed by atoms with Gasteiger partial charge in [0.2, 0.25) is 11.9 Å². The van der Waals surface area contributed by atoms with Crippen LogP contribution in [0.1, 0.15) is 32.1 Å². The first-order chi connectivity index (χ1) is 15.4. The number of likely N-dealkylation sites (N-methyl/N-ethyl adjacent to an activating group) is 1. The van der Waals surface area contributed by atoms with E-state index in [1.165, 1.54) is 41.1 Å². The van der Waals surface area contributed by atoms with Gasteiger partial charge >= 0.3 is 0 Å². The Bertz CT molecular complexity index is 1190. The van der Waals surface area contributed by atoms with Crippen molar-refractivity contribution < 1.29 is 9.18 Å². The van der Waals surface area contributed by atoms with Crippen LogP contribution in [-0.4, -0.2) is 33.0 Å². The smallest absolute Gasteiger partial charge is 0.255 e. The van der Waals surface area contributed by atoms with Gasteiger partial charge < -0.3 is 10.6 Å². The van der Waals surface area contributed by atoms with E-state index in [1.54, 1.807) is 19.3 Å². The number of benzene rings is 1. The summed E-state index contributed by atoms with van der Waals surface area (Å²) in [6.45, 7) is 0. The monoisotopic (exact) mass is 455 g/mol. The number of pyridine rings is 1. The van der Waals surface area contributed by atoms with E-state index in [2.05, 4.69) is 20.6 Å². The summed E-state index contributed by atoms with van der Waals surface area (Å²) in [5, 5.41) is 6.29. The number of hydrogen-bond acceptors (Lipinski definition) is 5. The summed E-state index contributed by atoms with van der Waals surface area (Å²) in [4.78, 5) is 33.9. The quantitative estimate of drug-likeness (QED) is 0.608. The summed E-state index contributed by atoms with van der Waals surface area (Å²) < 4.78 is 14.7. The Hall–Kier alpha value is -3.26. The lowest BCUT2D eigenvalue weighted by Crippen LogP contribution is -2.53. The van der Waals surface area contributed by atoms with Gasteiger partial charge in [-0.1, -0.05) is 30.9 Å². The van der Waals surface area contributed by atoms with Crippen molar-refractivity contribution in [3.05, 3.63) is 70.0 Å². The fraction of sp³-hybridized carbons (Fsp3) is 0.304. The number of carbonyl (C=O) groups excluding carboxylic acids is 1. The van der Waals surface area contributed by atoms with Gasteiger partial charge in [-0.05, 0) is 43.2 Å². The standard InChI is InChI=1S/C23H23ClFN5O2/c1-26-21(32)23(11-3-2-4-12-23)29-22-27-13-18(24)20(28-22)15-5-10-19(31)30(14-15)17-8-6-16(25)7-9-17/h5-10,13-14H,2-4,11-12H2,1H3,(H,26,32)(H,27,28,29). The zero-order valence-corrected chi connectivity index (χ0v) is 18.3. The number of amides is 1. The van der Waals surface area contributed by atoms with Crippen LogP contribution >= 0.6 is 11.6 Å². The number of hydrogen-bond donors (Lipinski definition) is 2. The molecule has 1 aliphatic rings. The van der Waals surface area contributed by atoms with E-state index >= 15 is 0 Å². The molecule has 7 nitrogen and oxygen atoms in total. The third-order valence-electron chi connectivity index (χ3n) is 5.75. The summed E-state index contributed by atoms with van der Waals surface area (Å²) in [5.41, 5.74) is 0.475. The van der Waals surface area contributed by atoms with Crippen LogP contribution in [-0.2, 0) is 4.79 Å². The molecular formula is C23H23ClFN5O2. The fourth-order valence-corrected chi connectivity index (χ4v) is 4.28. The van der Waals surface area contributed by atoms with Gasteiger partial charge in [0, 0.05) is 30.6 Å². The van der Waals surface area contributed by atoms with E-state index in [1.807, 2.05) is 0 Å². The first-order valence-corrected chi connectivity index (χ1v) is 10.8. The highest BCUT2D eigenvalue weighted by Crippen LogP contribution is 2.33. The first kappa shape index (κ1) is 22.0. The number of aromatic nitrogens is 3. The number of halogens is 2. The molecule has 0 unspecified atom stereocenters. The highest BCUT2D eigenvalue weighted by atomic mass is 35.5. The molecule has 2 aromatic heterocycles. The van der Waals surface area contributed by atoms with Crippen molar-refractivity contribution in [2.45, 2.75) is 37.6 Å². The average molecular weight is 456 g/mol. The van der Waals surface area contributed by atoms with Crippen LogP contribution in [0.4, 0.5) is 10.3 Å². The number of nitrogens with zero attached hydrogens (tertiary/aromatic N) is 3. The number of anilines is 1. The van der Waals surface area contributed by atoms with Crippen LogP contribution in [0.2, 0.25) is 5.02 Å². The lowest BCUT2D eigenvalue weighted by Gasteiger charge is -2.36. The summed E-state index contributed by atoms with van der Waals surface area (Å²) >= 11 is 6.39. The Kier molecular flexibility index (Phi) is 6.23. The molecule has 1 amide bonds. The second-order valence-electron chi connectivity index (χ2n) is 7.84. The maximum Gasteiger partial charge on any atom is 0.255 e. The summed E-state index contributed by atoms with van der Waals surface area (Å²) in [5.74, 6) is -0.197. The van der Waals surface area contributed by atoms with Crippen molar-refractivity contribution >= 4 is 23.5 Å². The lowest BCUT2D eigenvalue weighted by molar-refractivity contribution is -0.126. The second-order valence-corrected chi connectivity index (χ2v) is 8.25. The van der Waals surface area contributed by atoms with Crippen molar-refractivity contribution in [2.75, 3.05) is 12.4 Å². The Morgan fingerprint density at radius 2 is 1.84 bits per heavy atom. The molecule has 0 saturated heterocycles. The number of carbonyl (C=O) groups is 1. The van der Waals surface area contributed by atoms with Gasteiger partial charge in [0.25, 0.3) is 5.56 Å². The largest absolute Gasteiger partial charge is 0.357 e. The molecule has 1 fully saturated rings. The highest BCUT2D eigenvalue weighted by Gasteiger charge is 2.39. The number of nitrogens with one attached hydrogen (secondary N) is 2. The number of rotatable bonds is 5. The third kappa shape index (κ3) is 4.36. The van der Waals surface area contributed by atoms with E-state index in [9.17, 15) is 14.0 Å². The Morgan fingerprint density at radius 3 is 2.53 bits per heavy atom. The molecule has 9 heteroatoms. The van der Waals surface area contributed by atoms with Crippen molar-refractivity contribution in [1.29, 1.82) is 0 Å². The molecule has 1 saturated carbocycles. The van der Waals surface area contributed by atoms with Gasteiger partial charge in [0.05, 0.1) is 16.9 Å². The lowest BCUT2D eigenvalue weighted by atomic mass is 9.81. The van der Waals surface area contributed by atoms with E-state index in [-0.39, 0.29) is 23.2 Å². The Morgan fingerprint density at radius 1 is 1.12 bits per heavy atom. The maximum atomic E-state index is 13.3. The van der Waals surface area contributed by atoms with Crippen molar-refractivity contribution in [3.63, 3.8) is 0 Å². The van der Waals surface area contributed by atoms with Crippen molar-refractivity contribution in [2.24, 2.45) is 0 Å². The van der Waals surface area contributed by atoms with Crippen molar-refractivity contribution in [1.82, 2.24) is 19.9 Å². The zero-order valence-electron chi connectivity index (χ0n) is 17.6. The molecule has 0 spiro atoms. The predicted octanol–water partition coefficient (Wildman–Crippen LogP) is 3.95. The summed E-state index contributed by atoms with van der Waals surface area (Å²) in [6, 6.07) is 8.64. The molecule has 0 radical (unpaired) electrons. The van der Waals surface area contributed by atoms with Gasteiger partial charge in [0.1, 0.15) is 11.4 Å². The predicted molar refractivity (Wildman–Crippen MR) is 122 cm³/mol. The summed E-state index contributed by atoms with van der Waals surface area (Å²) in [7, 11) is 1.62. The molecule has 2 heterocycles. The van der Waals surface area contributed by atoms with Crippen LogP contribution < -0.4 is 16.2 Å². The van der Waals surface area contributed by atoms with E-state index < -0.39 is 5.54 Å². The van der Waals surface area contributed by atoms with E-state index in [4.69, 9.17) is 11.6 Å². The highest BCUT2D eigenvalue weighted by molar-refractivity contribution is 6.32. The molecule has 32 heavy (non-hydrogen) atoms. The minimum Gasteiger partial charge on any atom is -0.357 e. The Labute approximate surface area is 189 Å². The zero-order chi connectivity index (χ0) is 22.7. The molecule has 166 valence electrons.